The molecule has 0 aliphatic carbocycles. The summed E-state index contributed by atoms with van der Waals surface area (Å²) in [7, 11) is 6.45. The lowest BCUT2D eigenvalue weighted by Crippen LogP contribution is -2.33. The van der Waals surface area contributed by atoms with Crippen molar-refractivity contribution in [1.29, 1.82) is 0 Å². The molecule has 0 atom stereocenters. The minimum absolute atomic E-state index is 0.167. The molecule has 1 aromatic rings. The van der Waals surface area contributed by atoms with E-state index in [0.29, 0.717) is 6.42 Å². The van der Waals surface area contributed by atoms with Crippen molar-refractivity contribution in [3.63, 3.8) is 0 Å². The number of hydrazine groups is 1. The topological polar surface area (TPSA) is 55.1 Å². The van der Waals surface area contributed by atoms with Crippen molar-refractivity contribution >= 4 is 5.91 Å². The Morgan fingerprint density at radius 3 is 2.12 bits per heavy atom. The number of carbonyl (C=O) groups is 1. The maximum absolute atomic E-state index is 11.1. The molecular weight excluding hydrogens is 202 g/mol. The van der Waals surface area contributed by atoms with E-state index in [1.807, 2.05) is 12.1 Å². The second kappa shape index (κ2) is 5.09. The van der Waals surface area contributed by atoms with Crippen LogP contribution in [0.3, 0.4) is 0 Å². The molecule has 0 unspecified atom stereocenters. The minimum Gasteiger partial charge on any atom is -0.327 e. The number of amides is 1. The second-order valence-corrected chi connectivity index (χ2v) is 5.01. The van der Waals surface area contributed by atoms with Crippen LogP contribution < -0.4 is 11.3 Å². The van der Waals surface area contributed by atoms with Gasteiger partial charge in [-0.1, -0.05) is 24.3 Å². The van der Waals surface area contributed by atoms with Crippen LogP contribution in [0, 0.1) is 0 Å². The van der Waals surface area contributed by atoms with Crippen molar-refractivity contribution in [3.05, 3.63) is 35.4 Å². The van der Waals surface area contributed by atoms with Gasteiger partial charge in [0.1, 0.15) is 6.54 Å². The molecule has 0 saturated heterocycles. The van der Waals surface area contributed by atoms with E-state index in [9.17, 15) is 4.79 Å². The van der Waals surface area contributed by atoms with Gasteiger partial charge in [-0.05, 0) is 5.56 Å². The first-order chi connectivity index (χ1) is 7.40. The molecule has 88 valence electrons. The Morgan fingerprint density at radius 1 is 1.19 bits per heavy atom. The van der Waals surface area contributed by atoms with Gasteiger partial charge in [0.2, 0.25) is 5.91 Å². The van der Waals surface area contributed by atoms with Crippen LogP contribution >= 0.6 is 0 Å². The van der Waals surface area contributed by atoms with Gasteiger partial charge in [0, 0.05) is 5.56 Å². The molecule has 4 nitrogen and oxygen atoms in total. The minimum atomic E-state index is -0.167. The molecule has 0 fully saturated rings. The van der Waals surface area contributed by atoms with Crippen LogP contribution in [0.2, 0.25) is 0 Å². The fourth-order valence-corrected chi connectivity index (χ4v) is 1.55. The van der Waals surface area contributed by atoms with Crippen LogP contribution in [0.15, 0.2) is 24.3 Å². The fourth-order valence-electron chi connectivity index (χ4n) is 1.55. The van der Waals surface area contributed by atoms with E-state index in [1.54, 1.807) is 0 Å². The van der Waals surface area contributed by atoms with Gasteiger partial charge in [0.25, 0.3) is 0 Å². The Hall–Kier alpha value is -1.39. The van der Waals surface area contributed by atoms with Crippen molar-refractivity contribution in [2.24, 2.45) is 5.84 Å². The highest BCUT2D eigenvalue weighted by molar-refractivity contribution is 5.77. The summed E-state index contributed by atoms with van der Waals surface area (Å²) < 4.78 is 0.892. The quantitative estimate of drug-likeness (QED) is 0.336. The average Bonchev–Trinajstić information content (AvgIpc) is 2.18. The summed E-state index contributed by atoms with van der Waals surface area (Å²) in [5.74, 6) is 4.86. The predicted molar refractivity (Wildman–Crippen MR) is 64.2 cm³/mol. The lowest BCUT2D eigenvalue weighted by atomic mass is 10.1. The van der Waals surface area contributed by atoms with E-state index in [1.165, 1.54) is 5.56 Å². The Bertz CT molecular complexity index is 352. The van der Waals surface area contributed by atoms with Crippen LogP contribution in [-0.2, 0) is 17.8 Å². The molecule has 0 heterocycles. The average molecular weight is 222 g/mol. The van der Waals surface area contributed by atoms with Crippen molar-refractivity contribution in [2.45, 2.75) is 13.0 Å². The summed E-state index contributed by atoms with van der Waals surface area (Å²) in [4.78, 5) is 11.1. The Labute approximate surface area is 96.6 Å². The number of nitrogens with two attached hydrogens (primary N) is 1. The maximum Gasteiger partial charge on any atom is 0.238 e. The highest BCUT2D eigenvalue weighted by Crippen LogP contribution is 2.09. The Morgan fingerprint density at radius 2 is 1.69 bits per heavy atom. The number of rotatable bonds is 4. The fraction of sp³-hybridized carbons (Fsp3) is 0.417. The van der Waals surface area contributed by atoms with Crippen LogP contribution in [-0.4, -0.2) is 31.5 Å². The monoisotopic (exact) mass is 222 g/mol. The summed E-state index contributed by atoms with van der Waals surface area (Å²) in [6.07, 6.45) is 0.334. The summed E-state index contributed by atoms with van der Waals surface area (Å²) in [6, 6.07) is 8.06. The second-order valence-electron chi connectivity index (χ2n) is 5.01. The number of quaternary nitrogens is 1. The lowest BCUT2D eigenvalue weighted by Gasteiger charge is -2.23. The van der Waals surface area contributed by atoms with E-state index in [-0.39, 0.29) is 5.91 Å². The third kappa shape index (κ3) is 4.42. The number of carbonyl (C=O) groups excluding carboxylic acids is 1. The van der Waals surface area contributed by atoms with E-state index >= 15 is 0 Å². The standard InChI is InChI=1S/C12H19N3O/c1-15(2,3)9-11-6-4-10(5-7-11)8-12(16)14-13/h4-7H,8-9,13H2,1-3H3/p+1. The molecule has 0 saturated carbocycles. The predicted octanol–water partition coefficient (Wildman–Crippen LogP) is 0.425. The molecule has 1 aromatic carbocycles. The van der Waals surface area contributed by atoms with Crippen LogP contribution in [0.5, 0.6) is 0 Å². The molecular formula is C12H20N3O+. The lowest BCUT2D eigenvalue weighted by molar-refractivity contribution is -0.884. The maximum atomic E-state index is 11.1. The van der Waals surface area contributed by atoms with E-state index in [0.717, 1.165) is 16.6 Å². The van der Waals surface area contributed by atoms with Gasteiger partial charge in [-0.3, -0.25) is 10.2 Å². The zero-order valence-corrected chi connectivity index (χ0v) is 10.2. The highest BCUT2D eigenvalue weighted by Gasteiger charge is 2.08. The van der Waals surface area contributed by atoms with E-state index in [2.05, 4.69) is 38.7 Å². The first-order valence-corrected chi connectivity index (χ1v) is 5.28. The molecule has 0 aliphatic heterocycles. The molecule has 1 rings (SSSR count). The molecule has 16 heavy (non-hydrogen) atoms. The molecule has 0 radical (unpaired) electrons. The Balaban J connectivity index is 2.64. The normalized spacial score (nSPS) is 11.2. The third-order valence-electron chi connectivity index (χ3n) is 2.21. The Kier molecular flexibility index (Phi) is 4.04. The number of nitrogens with zero attached hydrogens (tertiary/aromatic N) is 1. The summed E-state index contributed by atoms with van der Waals surface area (Å²) in [5, 5.41) is 0. The van der Waals surface area contributed by atoms with Gasteiger partial charge in [-0.15, -0.1) is 0 Å². The zero-order chi connectivity index (χ0) is 12.2. The zero-order valence-electron chi connectivity index (χ0n) is 10.2. The number of benzene rings is 1. The molecule has 0 spiro atoms. The summed E-state index contributed by atoms with van der Waals surface area (Å²) in [6.45, 7) is 0.976. The summed E-state index contributed by atoms with van der Waals surface area (Å²) in [5.41, 5.74) is 4.37. The van der Waals surface area contributed by atoms with Crippen molar-refractivity contribution < 1.29 is 9.28 Å². The van der Waals surface area contributed by atoms with Crippen molar-refractivity contribution in [1.82, 2.24) is 5.43 Å². The number of nitrogens with one attached hydrogen (secondary N) is 1. The van der Waals surface area contributed by atoms with Gasteiger partial charge in [0.15, 0.2) is 0 Å². The smallest absolute Gasteiger partial charge is 0.238 e. The molecule has 4 heteroatoms. The van der Waals surface area contributed by atoms with Gasteiger partial charge < -0.3 is 4.48 Å². The number of hydrogen-bond donors (Lipinski definition) is 2. The largest absolute Gasteiger partial charge is 0.327 e. The van der Waals surface area contributed by atoms with Gasteiger partial charge >= 0.3 is 0 Å². The van der Waals surface area contributed by atoms with Crippen LogP contribution in [0.25, 0.3) is 0 Å². The van der Waals surface area contributed by atoms with Crippen LogP contribution in [0.1, 0.15) is 11.1 Å². The highest BCUT2D eigenvalue weighted by atomic mass is 16.2. The molecule has 0 aromatic heterocycles. The van der Waals surface area contributed by atoms with E-state index in [4.69, 9.17) is 5.84 Å². The third-order valence-corrected chi connectivity index (χ3v) is 2.21. The van der Waals surface area contributed by atoms with Crippen LogP contribution in [0.4, 0.5) is 0 Å². The first kappa shape index (κ1) is 12.7. The van der Waals surface area contributed by atoms with Gasteiger partial charge in [-0.2, -0.15) is 0 Å². The van der Waals surface area contributed by atoms with Crippen molar-refractivity contribution in [3.8, 4) is 0 Å². The molecule has 1 amide bonds. The van der Waals surface area contributed by atoms with Crippen molar-refractivity contribution in [2.75, 3.05) is 21.1 Å². The number of hydrogen-bond acceptors (Lipinski definition) is 2. The molecule has 3 N–H and O–H groups in total. The SMILES string of the molecule is C[N+](C)(C)Cc1ccc(CC(=O)NN)cc1. The summed E-state index contributed by atoms with van der Waals surface area (Å²) >= 11 is 0. The van der Waals surface area contributed by atoms with E-state index < -0.39 is 0 Å². The van der Waals surface area contributed by atoms with Gasteiger partial charge in [-0.25, -0.2) is 5.84 Å². The molecule has 0 bridgehead atoms. The first-order valence-electron chi connectivity index (χ1n) is 5.28. The van der Waals surface area contributed by atoms with Gasteiger partial charge in [0.05, 0.1) is 27.6 Å². The molecule has 0 aliphatic rings.